The number of methoxy groups -OCH3 is 1. The summed E-state index contributed by atoms with van der Waals surface area (Å²) >= 11 is 0. The number of carbonyl (C=O) groups excluding carboxylic acids is 1. The van der Waals surface area contributed by atoms with Gasteiger partial charge in [-0.3, -0.25) is 9.59 Å². The average molecular weight is 555 g/mol. The lowest BCUT2D eigenvalue weighted by Gasteiger charge is -2.03. The van der Waals surface area contributed by atoms with Crippen LogP contribution in [0.2, 0.25) is 0 Å². The van der Waals surface area contributed by atoms with E-state index >= 15 is 0 Å². The van der Waals surface area contributed by atoms with Crippen molar-refractivity contribution in [3.63, 3.8) is 0 Å². The number of carbonyl (C=O) groups is 2. The van der Waals surface area contributed by atoms with Crippen molar-refractivity contribution in [1.82, 2.24) is 0 Å². The van der Waals surface area contributed by atoms with E-state index in [1.54, 1.807) is 0 Å². The monoisotopic (exact) mass is 555 g/mol. The summed E-state index contributed by atoms with van der Waals surface area (Å²) in [6.45, 7) is 4.54. The van der Waals surface area contributed by atoms with Crippen LogP contribution < -0.4 is 0 Å². The third-order valence-corrected chi connectivity index (χ3v) is 7.71. The molecule has 39 heavy (non-hydrogen) atoms. The Balaban J connectivity index is 0. The third-order valence-electron chi connectivity index (χ3n) is 7.71. The molecular formula is C35H70O4. The molecule has 0 radical (unpaired) electrons. The molecule has 234 valence electrons. The van der Waals surface area contributed by atoms with Gasteiger partial charge in [-0.2, -0.15) is 0 Å². The molecule has 4 nitrogen and oxygen atoms in total. The Labute approximate surface area is 244 Å². The van der Waals surface area contributed by atoms with Crippen LogP contribution in [0.15, 0.2) is 0 Å². The highest BCUT2D eigenvalue weighted by Gasteiger charge is 1.99. The second-order valence-electron chi connectivity index (χ2n) is 11.7. The Morgan fingerprint density at radius 1 is 0.410 bits per heavy atom. The lowest BCUT2D eigenvalue weighted by molar-refractivity contribution is -0.141. The number of ether oxygens (including phenoxy) is 1. The Kier molecular flexibility index (Phi) is 38.0. The number of hydrogen-bond acceptors (Lipinski definition) is 3. The Bertz CT molecular complexity index is 477. The van der Waals surface area contributed by atoms with E-state index in [2.05, 4.69) is 18.6 Å². The van der Waals surface area contributed by atoms with Gasteiger partial charge < -0.3 is 9.84 Å². The number of rotatable bonds is 30. The van der Waals surface area contributed by atoms with E-state index in [1.165, 1.54) is 168 Å². The zero-order valence-electron chi connectivity index (χ0n) is 26.9. The number of carboxylic acids is 1. The highest BCUT2D eigenvalue weighted by Crippen LogP contribution is 2.14. The number of esters is 1. The van der Waals surface area contributed by atoms with E-state index < -0.39 is 5.97 Å². The maximum Gasteiger partial charge on any atom is 0.305 e. The molecule has 0 aromatic heterocycles. The maximum absolute atomic E-state index is 10.9. The zero-order valence-corrected chi connectivity index (χ0v) is 26.9. The molecule has 0 atom stereocenters. The largest absolute Gasteiger partial charge is 0.481 e. The van der Waals surface area contributed by atoms with Crippen LogP contribution in [0.25, 0.3) is 0 Å². The van der Waals surface area contributed by atoms with Crippen molar-refractivity contribution in [2.75, 3.05) is 7.11 Å². The molecule has 0 aromatic carbocycles. The van der Waals surface area contributed by atoms with Crippen molar-refractivity contribution >= 4 is 11.9 Å². The number of carboxylic acid groups (broad SMARTS) is 1. The minimum Gasteiger partial charge on any atom is -0.481 e. The van der Waals surface area contributed by atoms with Crippen LogP contribution in [-0.2, 0) is 14.3 Å². The van der Waals surface area contributed by atoms with E-state index in [1.807, 2.05) is 0 Å². The second kappa shape index (κ2) is 36.9. The van der Waals surface area contributed by atoms with Crippen molar-refractivity contribution in [2.45, 2.75) is 206 Å². The fourth-order valence-electron chi connectivity index (χ4n) is 5.04. The van der Waals surface area contributed by atoms with Gasteiger partial charge in [-0.15, -0.1) is 0 Å². The van der Waals surface area contributed by atoms with Gasteiger partial charge in [0, 0.05) is 12.8 Å². The molecule has 0 fully saturated rings. The van der Waals surface area contributed by atoms with Crippen molar-refractivity contribution in [3.05, 3.63) is 0 Å². The van der Waals surface area contributed by atoms with Gasteiger partial charge in [0.1, 0.15) is 0 Å². The molecule has 0 saturated heterocycles. The molecule has 0 amide bonds. The predicted molar refractivity (Wildman–Crippen MR) is 170 cm³/mol. The molecule has 1 N–H and O–H groups in total. The van der Waals surface area contributed by atoms with Crippen LogP contribution in [0, 0.1) is 0 Å². The summed E-state index contributed by atoms with van der Waals surface area (Å²) in [5, 5.41) is 8.52. The first-order valence-electron chi connectivity index (χ1n) is 17.4. The normalized spacial score (nSPS) is 10.7. The molecule has 0 spiro atoms. The summed E-state index contributed by atoms with van der Waals surface area (Å²) in [5.41, 5.74) is 0. The topological polar surface area (TPSA) is 63.6 Å². The molecule has 0 aromatic rings. The van der Waals surface area contributed by atoms with Crippen LogP contribution >= 0.6 is 0 Å². The maximum atomic E-state index is 10.9. The molecule has 4 heteroatoms. The first-order valence-corrected chi connectivity index (χ1v) is 17.4. The van der Waals surface area contributed by atoms with Gasteiger partial charge in [0.15, 0.2) is 0 Å². The highest BCUT2D eigenvalue weighted by molar-refractivity contribution is 5.69. The zero-order chi connectivity index (χ0) is 29.1. The standard InChI is InChI=1S/C18H36O2.C17H34O2/c1-2-3-4-5-6-7-8-9-10-11-12-13-14-15-16-17-18(19)20;1-3-4-5-6-7-8-9-10-11-12-13-14-15-16-17(18)19-2/h2-17H2,1H3,(H,19,20);3-16H2,1-2H3. The minimum absolute atomic E-state index is 0.0666. The van der Waals surface area contributed by atoms with Crippen LogP contribution in [0.3, 0.4) is 0 Å². The lowest BCUT2D eigenvalue weighted by Crippen LogP contribution is -1.99. The van der Waals surface area contributed by atoms with Gasteiger partial charge in [-0.25, -0.2) is 0 Å². The van der Waals surface area contributed by atoms with E-state index in [-0.39, 0.29) is 5.97 Å². The Morgan fingerprint density at radius 3 is 0.872 bits per heavy atom. The number of hydrogen-bond donors (Lipinski definition) is 1. The summed E-state index contributed by atoms with van der Waals surface area (Å²) in [6, 6.07) is 0. The summed E-state index contributed by atoms with van der Waals surface area (Å²) in [7, 11) is 1.46. The molecule has 0 heterocycles. The van der Waals surface area contributed by atoms with Gasteiger partial charge in [0.05, 0.1) is 7.11 Å². The first kappa shape index (κ1) is 40.1. The third kappa shape index (κ3) is 41.6. The average Bonchev–Trinajstić information content (AvgIpc) is 2.93. The molecule has 0 aliphatic carbocycles. The highest BCUT2D eigenvalue weighted by atomic mass is 16.5. The molecule has 0 rings (SSSR count). The van der Waals surface area contributed by atoms with E-state index in [9.17, 15) is 9.59 Å². The smallest absolute Gasteiger partial charge is 0.305 e. The van der Waals surface area contributed by atoms with Crippen molar-refractivity contribution in [2.24, 2.45) is 0 Å². The van der Waals surface area contributed by atoms with Crippen molar-refractivity contribution < 1.29 is 19.4 Å². The van der Waals surface area contributed by atoms with E-state index in [0.717, 1.165) is 19.3 Å². The van der Waals surface area contributed by atoms with Gasteiger partial charge in [0.25, 0.3) is 0 Å². The van der Waals surface area contributed by atoms with Crippen LogP contribution in [0.5, 0.6) is 0 Å². The summed E-state index contributed by atoms with van der Waals surface area (Å²) in [5.74, 6) is -0.720. The molecule has 0 aliphatic heterocycles. The molecule has 0 aliphatic rings. The number of aliphatic carboxylic acids is 1. The molecule has 0 saturated carbocycles. The fraction of sp³-hybridized carbons (Fsp3) is 0.943. The van der Waals surface area contributed by atoms with E-state index in [0.29, 0.717) is 12.8 Å². The van der Waals surface area contributed by atoms with Gasteiger partial charge in [-0.1, -0.05) is 181 Å². The first-order chi connectivity index (χ1) is 19.1. The lowest BCUT2D eigenvalue weighted by atomic mass is 10.0. The summed E-state index contributed by atoms with van der Waals surface area (Å²) in [4.78, 5) is 21.2. The second-order valence-corrected chi connectivity index (χ2v) is 11.7. The van der Waals surface area contributed by atoms with E-state index in [4.69, 9.17) is 5.11 Å². The molecule has 0 bridgehead atoms. The minimum atomic E-state index is -0.653. The number of unbranched alkanes of at least 4 members (excludes halogenated alkanes) is 26. The SMILES string of the molecule is CCCCCCCCCCCCCCCC(=O)OC.CCCCCCCCCCCCCCCCCC(=O)O. The molecule has 0 unspecified atom stereocenters. The Morgan fingerprint density at radius 2 is 0.641 bits per heavy atom. The quantitative estimate of drug-likeness (QED) is 0.0708. The Hall–Kier alpha value is -1.06. The van der Waals surface area contributed by atoms with Gasteiger partial charge >= 0.3 is 11.9 Å². The summed E-state index contributed by atoms with van der Waals surface area (Å²) in [6.07, 6.45) is 38.2. The van der Waals surface area contributed by atoms with Crippen molar-refractivity contribution in [1.29, 1.82) is 0 Å². The van der Waals surface area contributed by atoms with Crippen LogP contribution in [0.1, 0.15) is 206 Å². The van der Waals surface area contributed by atoms with Crippen LogP contribution in [0.4, 0.5) is 0 Å². The van der Waals surface area contributed by atoms with Gasteiger partial charge in [-0.05, 0) is 12.8 Å². The van der Waals surface area contributed by atoms with Crippen molar-refractivity contribution in [3.8, 4) is 0 Å². The molecular weight excluding hydrogens is 484 g/mol. The fourth-order valence-corrected chi connectivity index (χ4v) is 5.04. The summed E-state index contributed by atoms with van der Waals surface area (Å²) < 4.78 is 4.62. The predicted octanol–water partition coefficient (Wildman–Crippen LogP) is 12.0. The van der Waals surface area contributed by atoms with Gasteiger partial charge in [0.2, 0.25) is 0 Å². The van der Waals surface area contributed by atoms with Crippen LogP contribution in [-0.4, -0.2) is 24.2 Å².